The molecular formula is C20H28N6O2. The summed E-state index contributed by atoms with van der Waals surface area (Å²) in [7, 11) is 5.63. The summed E-state index contributed by atoms with van der Waals surface area (Å²) in [5, 5.41) is 10.1. The Labute approximate surface area is 165 Å². The third kappa shape index (κ3) is 4.76. The number of benzene rings is 1. The van der Waals surface area contributed by atoms with Crippen molar-refractivity contribution in [3.8, 4) is 0 Å². The molecule has 1 aromatic carbocycles. The van der Waals surface area contributed by atoms with Crippen LogP contribution >= 0.6 is 0 Å². The second-order valence-electron chi connectivity index (χ2n) is 7.18. The summed E-state index contributed by atoms with van der Waals surface area (Å²) in [5.41, 5.74) is 2.45. The van der Waals surface area contributed by atoms with Crippen molar-refractivity contribution in [3.63, 3.8) is 0 Å². The molecule has 2 amide bonds. The van der Waals surface area contributed by atoms with Crippen LogP contribution in [0, 0.1) is 0 Å². The SMILES string of the molecule is CNC(C(=O)NCc1ccc(C(=O)N2CCN(C)CC2)cc1)c1cnn(C)c1. The van der Waals surface area contributed by atoms with Crippen LogP contribution in [0.3, 0.4) is 0 Å². The van der Waals surface area contributed by atoms with Gasteiger partial charge in [-0.3, -0.25) is 14.3 Å². The summed E-state index contributed by atoms with van der Waals surface area (Å²) in [6, 6.07) is 6.99. The van der Waals surface area contributed by atoms with E-state index < -0.39 is 6.04 Å². The van der Waals surface area contributed by atoms with Crippen LogP contribution in [-0.4, -0.2) is 71.7 Å². The molecule has 2 aromatic rings. The first-order valence-corrected chi connectivity index (χ1v) is 9.48. The minimum absolute atomic E-state index is 0.0653. The van der Waals surface area contributed by atoms with Crippen LogP contribution in [0.25, 0.3) is 0 Å². The van der Waals surface area contributed by atoms with Crippen molar-refractivity contribution in [1.82, 2.24) is 30.2 Å². The molecule has 0 bridgehead atoms. The van der Waals surface area contributed by atoms with Gasteiger partial charge < -0.3 is 20.4 Å². The van der Waals surface area contributed by atoms with E-state index in [0.29, 0.717) is 12.1 Å². The topological polar surface area (TPSA) is 82.5 Å². The number of carbonyl (C=O) groups excluding carboxylic acids is 2. The number of nitrogens with zero attached hydrogens (tertiary/aromatic N) is 4. The first kappa shape index (κ1) is 20.0. The largest absolute Gasteiger partial charge is 0.350 e. The van der Waals surface area contributed by atoms with Crippen LogP contribution < -0.4 is 10.6 Å². The Hall–Kier alpha value is -2.71. The van der Waals surface area contributed by atoms with Crippen molar-refractivity contribution >= 4 is 11.8 Å². The average Bonchev–Trinajstić information content (AvgIpc) is 3.13. The van der Waals surface area contributed by atoms with Crippen LogP contribution in [0.15, 0.2) is 36.7 Å². The fourth-order valence-corrected chi connectivity index (χ4v) is 3.29. The van der Waals surface area contributed by atoms with Crippen LogP contribution in [0.4, 0.5) is 0 Å². The lowest BCUT2D eigenvalue weighted by molar-refractivity contribution is -0.123. The molecular weight excluding hydrogens is 356 g/mol. The fraction of sp³-hybridized carbons (Fsp3) is 0.450. The van der Waals surface area contributed by atoms with Gasteiger partial charge in [-0.15, -0.1) is 0 Å². The highest BCUT2D eigenvalue weighted by atomic mass is 16.2. The predicted octanol–water partition coefficient (Wildman–Crippen LogP) is 0.385. The van der Waals surface area contributed by atoms with E-state index in [9.17, 15) is 9.59 Å². The third-order valence-electron chi connectivity index (χ3n) is 5.07. The van der Waals surface area contributed by atoms with Gasteiger partial charge >= 0.3 is 0 Å². The van der Waals surface area contributed by atoms with Gasteiger partial charge in [0.2, 0.25) is 5.91 Å². The van der Waals surface area contributed by atoms with Crippen molar-refractivity contribution < 1.29 is 9.59 Å². The number of piperazine rings is 1. The standard InChI is InChI=1S/C20H28N6O2/c1-21-18(17-13-23-25(3)14-17)19(27)22-12-15-4-6-16(7-5-15)20(28)26-10-8-24(2)9-11-26/h4-7,13-14,18,21H,8-12H2,1-3H3,(H,22,27). The highest BCUT2D eigenvalue weighted by Gasteiger charge is 2.21. The Morgan fingerprint density at radius 3 is 2.36 bits per heavy atom. The molecule has 0 spiro atoms. The van der Waals surface area contributed by atoms with Crippen LogP contribution in [0.5, 0.6) is 0 Å². The molecule has 1 fully saturated rings. The summed E-state index contributed by atoms with van der Waals surface area (Å²) in [4.78, 5) is 29.2. The summed E-state index contributed by atoms with van der Waals surface area (Å²) in [5.74, 6) is -0.0522. The Bertz CT molecular complexity index is 808. The molecule has 8 nitrogen and oxygen atoms in total. The Morgan fingerprint density at radius 2 is 1.79 bits per heavy atom. The van der Waals surface area contributed by atoms with Crippen molar-refractivity contribution in [2.45, 2.75) is 12.6 Å². The van der Waals surface area contributed by atoms with E-state index in [1.807, 2.05) is 42.4 Å². The van der Waals surface area contributed by atoms with Gasteiger partial charge in [-0.05, 0) is 31.8 Å². The minimum Gasteiger partial charge on any atom is -0.350 e. The van der Waals surface area contributed by atoms with E-state index in [-0.39, 0.29) is 11.8 Å². The molecule has 1 atom stereocenters. The van der Waals surface area contributed by atoms with Crippen LogP contribution in [0.2, 0.25) is 0 Å². The zero-order chi connectivity index (χ0) is 20.1. The van der Waals surface area contributed by atoms with Crippen molar-refractivity contribution in [2.75, 3.05) is 40.3 Å². The van der Waals surface area contributed by atoms with Crippen molar-refractivity contribution in [3.05, 3.63) is 53.3 Å². The molecule has 2 N–H and O–H groups in total. The lowest BCUT2D eigenvalue weighted by Gasteiger charge is -2.32. The molecule has 1 unspecified atom stereocenters. The molecule has 28 heavy (non-hydrogen) atoms. The molecule has 1 saturated heterocycles. The highest BCUT2D eigenvalue weighted by Crippen LogP contribution is 2.13. The van der Waals surface area contributed by atoms with E-state index in [1.54, 1.807) is 17.9 Å². The first-order chi connectivity index (χ1) is 13.5. The monoisotopic (exact) mass is 384 g/mol. The number of likely N-dealkylation sites (N-methyl/N-ethyl adjacent to an activating group) is 2. The first-order valence-electron chi connectivity index (χ1n) is 9.48. The molecule has 0 radical (unpaired) electrons. The average molecular weight is 384 g/mol. The van der Waals surface area contributed by atoms with Gasteiger partial charge in [0.1, 0.15) is 6.04 Å². The molecule has 0 aliphatic carbocycles. The molecule has 1 aromatic heterocycles. The molecule has 1 aliphatic heterocycles. The zero-order valence-electron chi connectivity index (χ0n) is 16.7. The van der Waals surface area contributed by atoms with Crippen LogP contribution in [0.1, 0.15) is 27.5 Å². The quantitative estimate of drug-likeness (QED) is 0.753. The molecule has 3 rings (SSSR count). The Balaban J connectivity index is 1.55. The van der Waals surface area contributed by atoms with Crippen molar-refractivity contribution in [2.24, 2.45) is 7.05 Å². The highest BCUT2D eigenvalue weighted by molar-refractivity contribution is 5.94. The second-order valence-corrected chi connectivity index (χ2v) is 7.18. The van der Waals surface area contributed by atoms with Crippen molar-refractivity contribution in [1.29, 1.82) is 0 Å². The maximum Gasteiger partial charge on any atom is 0.253 e. The number of rotatable bonds is 6. The van der Waals surface area contributed by atoms with Gasteiger partial charge in [0.05, 0.1) is 6.20 Å². The molecule has 8 heteroatoms. The minimum atomic E-state index is -0.452. The number of hydrogen-bond donors (Lipinski definition) is 2. The molecule has 150 valence electrons. The number of nitrogens with one attached hydrogen (secondary N) is 2. The van der Waals surface area contributed by atoms with E-state index in [4.69, 9.17) is 0 Å². The van der Waals surface area contributed by atoms with E-state index in [1.165, 1.54) is 0 Å². The number of aryl methyl sites for hydroxylation is 1. The lowest BCUT2D eigenvalue weighted by atomic mass is 10.1. The second kappa shape index (κ2) is 8.99. The Morgan fingerprint density at radius 1 is 1.11 bits per heavy atom. The van der Waals surface area contributed by atoms with Crippen LogP contribution in [-0.2, 0) is 18.4 Å². The summed E-state index contributed by atoms with van der Waals surface area (Å²) in [6.45, 7) is 3.72. The number of carbonyl (C=O) groups is 2. The van der Waals surface area contributed by atoms with Gasteiger partial charge in [0, 0.05) is 57.1 Å². The lowest BCUT2D eigenvalue weighted by Crippen LogP contribution is -2.47. The van der Waals surface area contributed by atoms with Gasteiger partial charge in [-0.2, -0.15) is 5.10 Å². The maximum absolute atomic E-state index is 12.6. The maximum atomic E-state index is 12.6. The number of aromatic nitrogens is 2. The number of amides is 2. The summed E-state index contributed by atoms with van der Waals surface area (Å²) >= 11 is 0. The van der Waals surface area contributed by atoms with Gasteiger partial charge in [0.15, 0.2) is 0 Å². The summed E-state index contributed by atoms with van der Waals surface area (Å²) < 4.78 is 1.67. The van der Waals surface area contributed by atoms with Gasteiger partial charge in [-0.1, -0.05) is 12.1 Å². The van der Waals surface area contributed by atoms with Gasteiger partial charge in [-0.25, -0.2) is 0 Å². The predicted molar refractivity (Wildman–Crippen MR) is 107 cm³/mol. The smallest absolute Gasteiger partial charge is 0.253 e. The summed E-state index contributed by atoms with van der Waals surface area (Å²) in [6.07, 6.45) is 3.50. The zero-order valence-corrected chi connectivity index (χ0v) is 16.7. The van der Waals surface area contributed by atoms with E-state index >= 15 is 0 Å². The van der Waals surface area contributed by atoms with Gasteiger partial charge in [0.25, 0.3) is 5.91 Å². The molecule has 1 aliphatic rings. The number of hydrogen-bond acceptors (Lipinski definition) is 5. The normalized spacial score (nSPS) is 16.0. The fourth-order valence-electron chi connectivity index (χ4n) is 3.29. The Kier molecular flexibility index (Phi) is 6.43. The van der Waals surface area contributed by atoms with E-state index in [2.05, 4.69) is 27.7 Å². The molecule has 2 heterocycles. The third-order valence-corrected chi connectivity index (χ3v) is 5.07. The molecule has 0 saturated carbocycles. The van der Waals surface area contributed by atoms with E-state index in [0.717, 1.165) is 37.3 Å².